The smallest absolute Gasteiger partial charge is 0.411 e. The van der Waals surface area contributed by atoms with E-state index in [1.807, 2.05) is 0 Å². The summed E-state index contributed by atoms with van der Waals surface area (Å²) in [6, 6.07) is 8.78. The van der Waals surface area contributed by atoms with E-state index in [-0.39, 0.29) is 49.2 Å². The fourth-order valence-corrected chi connectivity index (χ4v) is 5.01. The Bertz CT molecular complexity index is 1320. The fourth-order valence-electron chi connectivity index (χ4n) is 5.01. The second kappa shape index (κ2) is 12.0. The summed E-state index contributed by atoms with van der Waals surface area (Å²) >= 11 is 0. The highest BCUT2D eigenvalue weighted by molar-refractivity contribution is 6.05. The Kier molecular flexibility index (Phi) is 8.21. The topological polar surface area (TPSA) is 127 Å². The van der Waals surface area contributed by atoms with Crippen molar-refractivity contribution >= 4 is 29.5 Å². The van der Waals surface area contributed by atoms with Crippen molar-refractivity contribution in [1.29, 1.82) is 0 Å². The predicted molar refractivity (Wildman–Crippen MR) is 135 cm³/mol. The zero-order valence-corrected chi connectivity index (χ0v) is 21.5. The predicted octanol–water partition coefficient (Wildman–Crippen LogP) is 2.63. The van der Waals surface area contributed by atoms with Crippen LogP contribution in [0.25, 0.3) is 0 Å². The molecule has 0 spiro atoms. The van der Waals surface area contributed by atoms with Crippen molar-refractivity contribution in [3.63, 3.8) is 0 Å². The number of ether oxygens (including phenoxy) is 3. The Morgan fingerprint density at radius 3 is 2.65 bits per heavy atom. The molecule has 2 N–H and O–H groups in total. The van der Waals surface area contributed by atoms with Gasteiger partial charge in [0.15, 0.2) is 0 Å². The highest BCUT2D eigenvalue weighted by Gasteiger charge is 2.39. The van der Waals surface area contributed by atoms with Crippen molar-refractivity contribution in [2.75, 3.05) is 31.6 Å². The third kappa shape index (κ3) is 6.54. The van der Waals surface area contributed by atoms with Crippen LogP contribution in [0.15, 0.2) is 36.4 Å². The summed E-state index contributed by atoms with van der Waals surface area (Å²) in [6.45, 7) is 0.0733. The number of nitrogens with one attached hydrogen (secondary N) is 2. The van der Waals surface area contributed by atoms with Crippen LogP contribution < -0.4 is 15.4 Å². The summed E-state index contributed by atoms with van der Waals surface area (Å²) in [5, 5.41) is 4.81. The standard InChI is InChI=1S/C27H28F2N4O7/c28-26(29)40-20-10-17(13-32-5-7-38-8-6-32)9-19(12-20)30-27(37)39-15-16-1-2-18-14-33(25(36)21(18)11-16)22-3-4-23(34)31-24(22)35/h1-2,9-12,22,26H,3-8,13-15H2,(H,30,37)(H,31,34,35). The average Bonchev–Trinajstić information content (AvgIpc) is 3.23. The van der Waals surface area contributed by atoms with E-state index in [0.717, 1.165) is 5.56 Å². The van der Waals surface area contributed by atoms with Crippen LogP contribution in [0.2, 0.25) is 0 Å². The van der Waals surface area contributed by atoms with E-state index in [4.69, 9.17) is 9.47 Å². The maximum absolute atomic E-state index is 13.0. The van der Waals surface area contributed by atoms with Gasteiger partial charge in [-0.3, -0.25) is 29.9 Å². The van der Waals surface area contributed by atoms with E-state index in [2.05, 4.69) is 20.3 Å². The molecule has 40 heavy (non-hydrogen) atoms. The van der Waals surface area contributed by atoms with Crippen molar-refractivity contribution < 1.29 is 42.2 Å². The molecule has 0 aliphatic carbocycles. The highest BCUT2D eigenvalue weighted by atomic mass is 19.3. The van der Waals surface area contributed by atoms with Crippen LogP contribution in [0.5, 0.6) is 5.75 Å². The maximum atomic E-state index is 13.0. The van der Waals surface area contributed by atoms with E-state index in [9.17, 15) is 28.0 Å². The van der Waals surface area contributed by atoms with Gasteiger partial charge in [-0.15, -0.1) is 0 Å². The molecule has 2 fully saturated rings. The third-order valence-electron chi connectivity index (χ3n) is 6.91. The number of carbonyl (C=O) groups is 4. The van der Waals surface area contributed by atoms with Crippen LogP contribution in [0.4, 0.5) is 19.3 Å². The monoisotopic (exact) mass is 558 g/mol. The number of hydrogen-bond donors (Lipinski definition) is 2. The molecule has 5 rings (SSSR count). The highest BCUT2D eigenvalue weighted by Crippen LogP contribution is 2.29. The number of benzene rings is 2. The molecule has 1 unspecified atom stereocenters. The molecule has 2 saturated heterocycles. The van der Waals surface area contributed by atoms with Gasteiger partial charge in [0.05, 0.1) is 13.2 Å². The molecule has 2 aromatic carbocycles. The largest absolute Gasteiger partial charge is 0.444 e. The van der Waals surface area contributed by atoms with Crippen LogP contribution >= 0.6 is 0 Å². The van der Waals surface area contributed by atoms with Crippen LogP contribution in [0.3, 0.4) is 0 Å². The molecule has 0 radical (unpaired) electrons. The summed E-state index contributed by atoms with van der Waals surface area (Å²) in [4.78, 5) is 52.8. The van der Waals surface area contributed by atoms with E-state index in [1.165, 1.54) is 17.0 Å². The molecule has 3 aliphatic heterocycles. The molecular formula is C27H28F2N4O7. The molecular weight excluding hydrogens is 530 g/mol. The number of alkyl halides is 2. The quantitative estimate of drug-likeness (QED) is 0.474. The molecule has 3 aliphatic rings. The minimum Gasteiger partial charge on any atom is -0.444 e. The van der Waals surface area contributed by atoms with Crippen LogP contribution in [-0.2, 0) is 38.8 Å². The lowest BCUT2D eigenvalue weighted by atomic mass is 10.0. The first-order valence-electron chi connectivity index (χ1n) is 12.8. The summed E-state index contributed by atoms with van der Waals surface area (Å²) in [5.41, 5.74) is 2.58. The second-order valence-electron chi connectivity index (χ2n) is 9.73. The van der Waals surface area contributed by atoms with Gasteiger partial charge in [-0.05, 0) is 41.3 Å². The number of anilines is 1. The van der Waals surface area contributed by atoms with Gasteiger partial charge in [0, 0.05) is 49.9 Å². The molecule has 1 atom stereocenters. The van der Waals surface area contributed by atoms with Gasteiger partial charge >= 0.3 is 12.7 Å². The normalized spacial score (nSPS) is 19.4. The first-order valence-corrected chi connectivity index (χ1v) is 12.8. The molecule has 212 valence electrons. The number of carbonyl (C=O) groups excluding carboxylic acids is 4. The second-order valence-corrected chi connectivity index (χ2v) is 9.73. The number of fused-ring (bicyclic) bond motifs is 1. The van der Waals surface area contributed by atoms with E-state index in [0.29, 0.717) is 49.5 Å². The van der Waals surface area contributed by atoms with Gasteiger partial charge in [-0.25, -0.2) is 4.79 Å². The summed E-state index contributed by atoms with van der Waals surface area (Å²) in [5.74, 6) is -1.27. The third-order valence-corrected chi connectivity index (χ3v) is 6.91. The SMILES string of the molecule is O=C1CCC(N2Cc3ccc(COC(=O)Nc4cc(CN5CCOCC5)cc(OC(F)F)c4)cc3C2=O)C(=O)N1. The zero-order chi connectivity index (χ0) is 28.2. The summed E-state index contributed by atoms with van der Waals surface area (Å²) in [6.07, 6.45) is -0.391. The lowest BCUT2D eigenvalue weighted by Gasteiger charge is -2.29. The van der Waals surface area contributed by atoms with Crippen molar-refractivity contribution in [1.82, 2.24) is 15.1 Å². The maximum Gasteiger partial charge on any atom is 0.411 e. The van der Waals surface area contributed by atoms with Gasteiger partial charge < -0.3 is 19.1 Å². The lowest BCUT2D eigenvalue weighted by Crippen LogP contribution is -2.52. The Morgan fingerprint density at radius 2 is 1.90 bits per heavy atom. The number of halogens is 2. The molecule has 0 bridgehead atoms. The van der Waals surface area contributed by atoms with Gasteiger partial charge in [0.1, 0.15) is 18.4 Å². The van der Waals surface area contributed by atoms with Crippen molar-refractivity contribution in [2.24, 2.45) is 0 Å². The van der Waals surface area contributed by atoms with Gasteiger partial charge in [0.25, 0.3) is 5.91 Å². The number of morpholine rings is 1. The van der Waals surface area contributed by atoms with Crippen LogP contribution in [-0.4, -0.2) is 72.6 Å². The average molecular weight is 559 g/mol. The fraction of sp³-hybridized carbons (Fsp3) is 0.407. The Labute approximate surface area is 228 Å². The zero-order valence-electron chi connectivity index (χ0n) is 21.5. The minimum absolute atomic E-state index is 0.0891. The number of nitrogens with zero attached hydrogens (tertiary/aromatic N) is 2. The van der Waals surface area contributed by atoms with Crippen LogP contribution in [0.1, 0.15) is 39.9 Å². The van der Waals surface area contributed by atoms with E-state index in [1.54, 1.807) is 24.3 Å². The van der Waals surface area contributed by atoms with Gasteiger partial charge in [0.2, 0.25) is 11.8 Å². The van der Waals surface area contributed by atoms with Crippen molar-refractivity contribution in [3.05, 3.63) is 58.7 Å². The summed E-state index contributed by atoms with van der Waals surface area (Å²) in [7, 11) is 0. The van der Waals surface area contributed by atoms with E-state index < -0.39 is 24.7 Å². The minimum atomic E-state index is -3.02. The number of imide groups is 1. The molecule has 13 heteroatoms. The molecule has 4 amide bonds. The molecule has 0 saturated carbocycles. The first kappa shape index (κ1) is 27.5. The van der Waals surface area contributed by atoms with E-state index >= 15 is 0 Å². The number of amides is 4. The number of hydrogen-bond acceptors (Lipinski definition) is 8. The van der Waals surface area contributed by atoms with Gasteiger partial charge in [-0.1, -0.05) is 12.1 Å². The van der Waals surface area contributed by atoms with Crippen molar-refractivity contribution in [3.8, 4) is 5.75 Å². The molecule has 0 aromatic heterocycles. The summed E-state index contributed by atoms with van der Waals surface area (Å²) < 4.78 is 41.0. The van der Waals surface area contributed by atoms with Crippen molar-refractivity contribution in [2.45, 2.75) is 45.2 Å². The molecule has 3 heterocycles. The molecule has 2 aromatic rings. The van der Waals surface area contributed by atoms with Crippen LogP contribution in [0, 0.1) is 0 Å². The molecule has 11 nitrogen and oxygen atoms in total. The van der Waals surface area contributed by atoms with Gasteiger partial charge in [-0.2, -0.15) is 8.78 Å². The lowest BCUT2D eigenvalue weighted by molar-refractivity contribution is -0.136. The Balaban J connectivity index is 1.20. The number of rotatable bonds is 8. The first-order chi connectivity index (χ1) is 19.2. The number of piperidine rings is 1. The Hall–Kier alpha value is -4.10. The Morgan fingerprint density at radius 1 is 1.10 bits per heavy atom.